The van der Waals surface area contributed by atoms with Crippen molar-refractivity contribution in [1.82, 2.24) is 4.98 Å². The molecule has 3 N–H and O–H groups in total. The van der Waals surface area contributed by atoms with E-state index < -0.39 is 11.2 Å². The van der Waals surface area contributed by atoms with Crippen molar-refractivity contribution >= 4 is 33.7 Å². The second kappa shape index (κ2) is 5.33. The number of aliphatic carboxylic acids is 1. The second-order valence-electron chi connectivity index (χ2n) is 2.47. The molecule has 1 atom stereocenters. The lowest BCUT2D eigenvalue weighted by molar-refractivity contribution is -0.136. The van der Waals surface area contributed by atoms with Crippen molar-refractivity contribution in [2.75, 3.05) is 6.54 Å². The molecule has 0 saturated carbocycles. The van der Waals surface area contributed by atoms with Gasteiger partial charge in [-0.2, -0.15) is 0 Å². The Morgan fingerprint density at radius 1 is 1.79 bits per heavy atom. The lowest BCUT2D eigenvalue weighted by atomic mass is 10.4. The third-order valence-corrected chi connectivity index (χ3v) is 3.60. The molecule has 14 heavy (non-hydrogen) atoms. The van der Waals surface area contributed by atoms with Crippen molar-refractivity contribution in [3.05, 3.63) is 22.8 Å². The molecule has 0 amide bonds. The Morgan fingerprint density at radius 3 is 3.00 bits per heavy atom. The van der Waals surface area contributed by atoms with E-state index in [1.807, 2.05) is 6.07 Å². The molecular formula is C8H9BrN2O2S. The molecule has 0 aromatic carbocycles. The zero-order chi connectivity index (χ0) is 10.6. The lowest BCUT2D eigenvalue weighted by Crippen LogP contribution is -2.26. The third-order valence-electron chi connectivity index (χ3n) is 1.47. The predicted octanol–water partition coefficient (Wildman–Crippen LogP) is 1.35. The van der Waals surface area contributed by atoms with Crippen LogP contribution in [0.3, 0.4) is 0 Å². The van der Waals surface area contributed by atoms with Gasteiger partial charge in [-0.3, -0.25) is 4.79 Å². The number of halogens is 1. The van der Waals surface area contributed by atoms with E-state index >= 15 is 0 Å². The molecule has 0 aliphatic rings. The number of hydrogen-bond donors (Lipinski definition) is 2. The Hall–Kier alpha value is -0.590. The Labute approximate surface area is 94.0 Å². The van der Waals surface area contributed by atoms with Gasteiger partial charge in [-0.05, 0) is 28.1 Å². The summed E-state index contributed by atoms with van der Waals surface area (Å²) in [6.45, 7) is 0.0863. The Bertz CT molecular complexity index is 335. The van der Waals surface area contributed by atoms with Gasteiger partial charge in [-0.1, -0.05) is 11.8 Å². The first kappa shape index (κ1) is 11.5. The number of thioether (sulfide) groups is 1. The van der Waals surface area contributed by atoms with Gasteiger partial charge in [0.2, 0.25) is 0 Å². The van der Waals surface area contributed by atoms with Crippen LogP contribution >= 0.6 is 27.7 Å². The van der Waals surface area contributed by atoms with Crippen molar-refractivity contribution in [3.63, 3.8) is 0 Å². The van der Waals surface area contributed by atoms with Gasteiger partial charge in [0.25, 0.3) is 0 Å². The monoisotopic (exact) mass is 276 g/mol. The molecule has 1 rings (SSSR count). The molecule has 0 radical (unpaired) electrons. The highest BCUT2D eigenvalue weighted by Crippen LogP contribution is 2.27. The number of nitrogens with zero attached hydrogens (tertiary/aromatic N) is 1. The SMILES string of the molecule is NCC(Sc1ncccc1Br)C(=O)O. The van der Waals surface area contributed by atoms with Gasteiger partial charge in [0.1, 0.15) is 10.3 Å². The summed E-state index contributed by atoms with van der Waals surface area (Å²) in [5.74, 6) is -0.921. The van der Waals surface area contributed by atoms with Gasteiger partial charge in [0, 0.05) is 17.2 Å². The molecule has 1 unspecified atom stereocenters. The molecule has 0 aliphatic carbocycles. The fourth-order valence-corrected chi connectivity index (χ4v) is 2.10. The summed E-state index contributed by atoms with van der Waals surface area (Å²) < 4.78 is 0.782. The number of carboxylic acid groups (broad SMARTS) is 1. The molecule has 1 aromatic rings. The van der Waals surface area contributed by atoms with Gasteiger partial charge >= 0.3 is 5.97 Å². The van der Waals surface area contributed by atoms with Crippen LogP contribution in [0.1, 0.15) is 0 Å². The topological polar surface area (TPSA) is 76.2 Å². The Kier molecular flexibility index (Phi) is 4.37. The smallest absolute Gasteiger partial charge is 0.318 e. The van der Waals surface area contributed by atoms with Crippen LogP contribution in [0, 0.1) is 0 Å². The van der Waals surface area contributed by atoms with Gasteiger partial charge < -0.3 is 10.8 Å². The highest BCUT2D eigenvalue weighted by atomic mass is 79.9. The fraction of sp³-hybridized carbons (Fsp3) is 0.250. The summed E-state index contributed by atoms with van der Waals surface area (Å²) in [5.41, 5.74) is 5.33. The van der Waals surface area contributed by atoms with Crippen molar-refractivity contribution < 1.29 is 9.90 Å². The van der Waals surface area contributed by atoms with Gasteiger partial charge in [0.15, 0.2) is 0 Å². The Morgan fingerprint density at radius 2 is 2.50 bits per heavy atom. The molecule has 0 spiro atoms. The first-order valence-electron chi connectivity index (χ1n) is 3.85. The molecule has 0 fully saturated rings. The maximum atomic E-state index is 10.7. The number of hydrogen-bond acceptors (Lipinski definition) is 4. The molecule has 1 aromatic heterocycles. The van der Waals surface area contributed by atoms with Crippen LogP contribution < -0.4 is 5.73 Å². The maximum Gasteiger partial charge on any atom is 0.318 e. The zero-order valence-electron chi connectivity index (χ0n) is 7.18. The summed E-state index contributed by atoms with van der Waals surface area (Å²) >= 11 is 4.43. The summed E-state index contributed by atoms with van der Waals surface area (Å²) in [4.78, 5) is 14.7. The number of nitrogens with two attached hydrogens (primary N) is 1. The van der Waals surface area contributed by atoms with Crippen LogP contribution in [0.15, 0.2) is 27.8 Å². The second-order valence-corrected chi connectivity index (χ2v) is 4.52. The average Bonchev–Trinajstić information content (AvgIpc) is 2.16. The van der Waals surface area contributed by atoms with Crippen molar-refractivity contribution in [1.29, 1.82) is 0 Å². The van der Waals surface area contributed by atoms with Crippen molar-refractivity contribution in [2.24, 2.45) is 5.73 Å². The fourth-order valence-electron chi connectivity index (χ4n) is 0.792. The third kappa shape index (κ3) is 2.97. The number of carbonyl (C=O) groups is 1. The quantitative estimate of drug-likeness (QED) is 0.812. The van der Waals surface area contributed by atoms with E-state index in [-0.39, 0.29) is 6.54 Å². The van der Waals surface area contributed by atoms with Crippen molar-refractivity contribution in [3.8, 4) is 0 Å². The molecule has 6 heteroatoms. The summed E-state index contributed by atoms with van der Waals surface area (Å²) in [5, 5.41) is 8.77. The molecule has 0 aliphatic heterocycles. The predicted molar refractivity (Wildman–Crippen MR) is 58.3 cm³/mol. The maximum absolute atomic E-state index is 10.7. The van der Waals surface area contributed by atoms with Crippen molar-refractivity contribution in [2.45, 2.75) is 10.3 Å². The van der Waals surface area contributed by atoms with E-state index in [9.17, 15) is 4.79 Å². The number of carboxylic acids is 1. The van der Waals surface area contributed by atoms with Gasteiger partial charge in [-0.25, -0.2) is 4.98 Å². The minimum atomic E-state index is -0.921. The average molecular weight is 277 g/mol. The van der Waals surface area contributed by atoms with Crippen LogP contribution in [-0.2, 0) is 4.79 Å². The minimum absolute atomic E-state index is 0.0863. The first-order valence-corrected chi connectivity index (χ1v) is 5.52. The summed E-state index contributed by atoms with van der Waals surface area (Å²) in [6.07, 6.45) is 1.61. The molecule has 4 nitrogen and oxygen atoms in total. The molecular weight excluding hydrogens is 268 g/mol. The van der Waals surface area contributed by atoms with Crippen LogP contribution in [0.4, 0.5) is 0 Å². The highest BCUT2D eigenvalue weighted by Gasteiger charge is 2.18. The number of rotatable bonds is 4. The molecule has 1 heterocycles. The number of pyridine rings is 1. The largest absolute Gasteiger partial charge is 0.480 e. The van der Waals surface area contributed by atoms with Crippen LogP contribution in [0.2, 0.25) is 0 Å². The molecule has 76 valence electrons. The first-order chi connectivity index (χ1) is 6.65. The molecule has 0 bridgehead atoms. The van der Waals surface area contributed by atoms with E-state index in [1.165, 1.54) is 0 Å². The summed E-state index contributed by atoms with van der Waals surface area (Å²) in [7, 11) is 0. The van der Waals surface area contributed by atoms with E-state index in [0.717, 1.165) is 16.2 Å². The lowest BCUT2D eigenvalue weighted by Gasteiger charge is -2.08. The van der Waals surface area contributed by atoms with Gasteiger partial charge in [-0.15, -0.1) is 0 Å². The van der Waals surface area contributed by atoms with Crippen LogP contribution in [-0.4, -0.2) is 27.9 Å². The molecule has 0 saturated heterocycles. The van der Waals surface area contributed by atoms with E-state index in [4.69, 9.17) is 10.8 Å². The van der Waals surface area contributed by atoms with Crippen LogP contribution in [0.25, 0.3) is 0 Å². The standard InChI is InChI=1S/C8H9BrN2O2S/c9-5-2-1-3-11-7(5)14-6(4-10)8(12)13/h1-3,6H,4,10H2,(H,12,13). The normalized spacial score (nSPS) is 12.4. The van der Waals surface area contributed by atoms with E-state index in [2.05, 4.69) is 20.9 Å². The van der Waals surface area contributed by atoms with E-state index in [1.54, 1.807) is 12.3 Å². The van der Waals surface area contributed by atoms with Crippen LogP contribution in [0.5, 0.6) is 0 Å². The Balaban J connectivity index is 2.77. The number of aromatic nitrogens is 1. The minimum Gasteiger partial charge on any atom is -0.480 e. The van der Waals surface area contributed by atoms with Gasteiger partial charge in [0.05, 0.1) is 0 Å². The highest BCUT2D eigenvalue weighted by molar-refractivity contribution is 9.10. The summed E-state index contributed by atoms with van der Waals surface area (Å²) in [6, 6.07) is 3.58. The zero-order valence-corrected chi connectivity index (χ0v) is 9.59. The van der Waals surface area contributed by atoms with E-state index in [0.29, 0.717) is 5.03 Å².